The molecule has 84 valence electrons. The van der Waals surface area contributed by atoms with Crippen LogP contribution >= 0.6 is 15.9 Å². The summed E-state index contributed by atoms with van der Waals surface area (Å²) in [6.45, 7) is 6.61. The molecule has 1 unspecified atom stereocenters. The molecule has 1 aromatic rings. The zero-order valence-electron chi connectivity index (χ0n) is 9.33. The van der Waals surface area contributed by atoms with Gasteiger partial charge >= 0.3 is 0 Å². The van der Waals surface area contributed by atoms with Gasteiger partial charge < -0.3 is 9.88 Å². The second-order valence-corrected chi connectivity index (χ2v) is 5.28. The van der Waals surface area contributed by atoms with E-state index in [9.17, 15) is 0 Å². The minimum absolute atomic E-state index is 0.484. The highest BCUT2D eigenvalue weighted by atomic mass is 79.9. The predicted molar refractivity (Wildman–Crippen MR) is 65.2 cm³/mol. The van der Waals surface area contributed by atoms with Crippen LogP contribution in [0.3, 0.4) is 0 Å². The van der Waals surface area contributed by atoms with Crippen LogP contribution < -0.4 is 5.32 Å². The van der Waals surface area contributed by atoms with Crippen LogP contribution in [0.25, 0.3) is 0 Å². The lowest BCUT2D eigenvalue weighted by atomic mass is 10.1. The Balaban J connectivity index is 2.28. The van der Waals surface area contributed by atoms with Crippen LogP contribution in [-0.2, 0) is 0 Å². The zero-order valence-corrected chi connectivity index (χ0v) is 10.9. The Bertz CT molecular complexity index is 327. The molecule has 1 fully saturated rings. The van der Waals surface area contributed by atoms with Gasteiger partial charge in [0.25, 0.3) is 0 Å². The molecule has 0 aliphatic carbocycles. The van der Waals surface area contributed by atoms with E-state index >= 15 is 0 Å². The first-order valence-electron chi connectivity index (χ1n) is 5.63. The van der Waals surface area contributed by atoms with Crippen molar-refractivity contribution in [2.75, 3.05) is 13.1 Å². The lowest BCUT2D eigenvalue weighted by molar-refractivity contribution is 0.356. The molecule has 0 radical (unpaired) electrons. The summed E-state index contributed by atoms with van der Waals surface area (Å²) < 4.78 is 3.46. The molecule has 15 heavy (non-hydrogen) atoms. The highest BCUT2D eigenvalue weighted by Crippen LogP contribution is 2.27. The number of halogens is 1. The van der Waals surface area contributed by atoms with Gasteiger partial charge in [-0.3, -0.25) is 0 Å². The summed E-state index contributed by atoms with van der Waals surface area (Å²) in [4.78, 5) is 4.48. The topological polar surface area (TPSA) is 29.9 Å². The predicted octanol–water partition coefficient (Wildman–Crippen LogP) is 2.69. The van der Waals surface area contributed by atoms with Crippen LogP contribution in [0, 0.1) is 0 Å². The molecule has 0 bridgehead atoms. The number of aromatic nitrogens is 2. The maximum absolute atomic E-state index is 4.48. The number of rotatable bonds is 2. The summed E-state index contributed by atoms with van der Waals surface area (Å²) in [6, 6.07) is 0.563. The minimum atomic E-state index is 0.484. The summed E-state index contributed by atoms with van der Waals surface area (Å²) in [5, 5.41) is 3.45. The fourth-order valence-corrected chi connectivity index (χ4v) is 2.77. The fourth-order valence-electron chi connectivity index (χ4n) is 2.20. The van der Waals surface area contributed by atoms with Crippen molar-refractivity contribution in [2.45, 2.75) is 38.6 Å². The molecule has 1 aromatic heterocycles. The van der Waals surface area contributed by atoms with Crippen molar-refractivity contribution in [3.63, 3.8) is 0 Å². The van der Waals surface area contributed by atoms with E-state index in [1.54, 1.807) is 0 Å². The molecule has 1 aliphatic rings. The van der Waals surface area contributed by atoms with Crippen molar-refractivity contribution in [3.8, 4) is 0 Å². The summed E-state index contributed by atoms with van der Waals surface area (Å²) in [5.74, 6) is 1.67. The van der Waals surface area contributed by atoms with Crippen molar-refractivity contribution in [3.05, 3.63) is 16.6 Å². The lowest BCUT2D eigenvalue weighted by Gasteiger charge is -2.27. The molecule has 1 N–H and O–H groups in total. The van der Waals surface area contributed by atoms with E-state index in [2.05, 4.69) is 44.6 Å². The van der Waals surface area contributed by atoms with Gasteiger partial charge in [0.2, 0.25) is 0 Å². The molecule has 1 aliphatic heterocycles. The van der Waals surface area contributed by atoms with Crippen LogP contribution in [0.2, 0.25) is 0 Å². The Kier molecular flexibility index (Phi) is 3.46. The number of nitrogens with zero attached hydrogens (tertiary/aromatic N) is 2. The molecule has 4 heteroatoms. The Morgan fingerprint density at radius 3 is 3.00 bits per heavy atom. The third kappa shape index (κ3) is 2.26. The molecule has 1 saturated heterocycles. The largest absolute Gasteiger partial charge is 0.318 e. The number of nitrogens with one attached hydrogen (secondary N) is 1. The maximum Gasteiger partial charge on any atom is 0.112 e. The lowest BCUT2D eigenvalue weighted by Crippen LogP contribution is -2.32. The van der Waals surface area contributed by atoms with Gasteiger partial charge in [0, 0.05) is 18.5 Å². The molecule has 0 aromatic carbocycles. The number of imidazole rings is 1. The number of piperidine rings is 1. The van der Waals surface area contributed by atoms with Gasteiger partial charge in [-0.15, -0.1) is 0 Å². The highest BCUT2D eigenvalue weighted by molar-refractivity contribution is 9.10. The van der Waals surface area contributed by atoms with Gasteiger partial charge in [-0.25, -0.2) is 4.98 Å². The standard InChI is InChI=1S/C11H18BrN3/c1-8(2)11-14-7-10(12)15(11)9-4-3-5-13-6-9/h7-9,13H,3-6H2,1-2H3. The van der Waals surface area contributed by atoms with Gasteiger partial charge in [-0.2, -0.15) is 0 Å². The average Bonchev–Trinajstić information content (AvgIpc) is 2.61. The molecule has 0 amide bonds. The van der Waals surface area contributed by atoms with Crippen LogP contribution in [-0.4, -0.2) is 22.6 Å². The number of hydrogen-bond acceptors (Lipinski definition) is 2. The molecule has 0 saturated carbocycles. The molecule has 3 nitrogen and oxygen atoms in total. The van der Waals surface area contributed by atoms with Crippen molar-refractivity contribution < 1.29 is 0 Å². The Morgan fingerprint density at radius 2 is 2.40 bits per heavy atom. The van der Waals surface area contributed by atoms with E-state index in [1.165, 1.54) is 18.7 Å². The first kappa shape index (κ1) is 11.1. The van der Waals surface area contributed by atoms with Crippen molar-refractivity contribution >= 4 is 15.9 Å². The van der Waals surface area contributed by atoms with E-state index in [-0.39, 0.29) is 0 Å². The minimum Gasteiger partial charge on any atom is -0.318 e. The van der Waals surface area contributed by atoms with Gasteiger partial charge in [0.15, 0.2) is 0 Å². The summed E-state index contributed by atoms with van der Waals surface area (Å²) in [5.41, 5.74) is 0. The summed E-state index contributed by atoms with van der Waals surface area (Å²) >= 11 is 3.59. The molecule has 0 spiro atoms. The van der Waals surface area contributed by atoms with Gasteiger partial charge in [-0.1, -0.05) is 13.8 Å². The van der Waals surface area contributed by atoms with E-state index in [4.69, 9.17) is 0 Å². The average molecular weight is 272 g/mol. The second-order valence-electron chi connectivity index (χ2n) is 4.46. The van der Waals surface area contributed by atoms with Crippen LogP contribution in [0.4, 0.5) is 0 Å². The van der Waals surface area contributed by atoms with Crippen LogP contribution in [0.1, 0.15) is 44.5 Å². The Morgan fingerprint density at radius 1 is 1.60 bits per heavy atom. The zero-order chi connectivity index (χ0) is 10.8. The van der Waals surface area contributed by atoms with Gasteiger partial charge in [0.1, 0.15) is 10.4 Å². The fraction of sp³-hybridized carbons (Fsp3) is 0.727. The monoisotopic (exact) mass is 271 g/mol. The SMILES string of the molecule is CC(C)c1ncc(Br)n1C1CCCNC1. The Labute approximate surface area is 99.4 Å². The van der Waals surface area contributed by atoms with Crippen molar-refractivity contribution in [1.29, 1.82) is 0 Å². The van der Waals surface area contributed by atoms with E-state index < -0.39 is 0 Å². The van der Waals surface area contributed by atoms with Crippen LogP contribution in [0.5, 0.6) is 0 Å². The first-order valence-corrected chi connectivity index (χ1v) is 6.42. The van der Waals surface area contributed by atoms with Crippen molar-refractivity contribution in [1.82, 2.24) is 14.9 Å². The summed E-state index contributed by atoms with van der Waals surface area (Å²) in [6.07, 6.45) is 4.43. The third-order valence-electron chi connectivity index (χ3n) is 2.93. The summed E-state index contributed by atoms with van der Waals surface area (Å²) in [7, 11) is 0. The first-order chi connectivity index (χ1) is 7.20. The van der Waals surface area contributed by atoms with Crippen molar-refractivity contribution in [2.24, 2.45) is 0 Å². The molecular weight excluding hydrogens is 254 g/mol. The molecule has 1 atom stereocenters. The van der Waals surface area contributed by atoms with Crippen LogP contribution in [0.15, 0.2) is 10.8 Å². The van der Waals surface area contributed by atoms with E-state index in [1.807, 2.05) is 6.20 Å². The number of hydrogen-bond donors (Lipinski definition) is 1. The van der Waals surface area contributed by atoms with E-state index in [0.717, 1.165) is 17.7 Å². The molecule has 2 heterocycles. The van der Waals surface area contributed by atoms with E-state index in [0.29, 0.717) is 12.0 Å². The maximum atomic E-state index is 4.48. The third-order valence-corrected chi connectivity index (χ3v) is 3.52. The second kappa shape index (κ2) is 4.66. The molecule has 2 rings (SSSR count). The Hall–Kier alpha value is -0.350. The normalized spacial score (nSPS) is 22.3. The highest BCUT2D eigenvalue weighted by Gasteiger charge is 2.21. The van der Waals surface area contributed by atoms with Gasteiger partial charge in [0.05, 0.1) is 6.20 Å². The molecular formula is C11H18BrN3. The quantitative estimate of drug-likeness (QED) is 0.897. The van der Waals surface area contributed by atoms with Gasteiger partial charge in [-0.05, 0) is 35.3 Å². The smallest absolute Gasteiger partial charge is 0.112 e.